The Morgan fingerprint density at radius 3 is 1.86 bits per heavy atom. The van der Waals surface area contributed by atoms with E-state index in [-0.39, 0.29) is 9.86 Å². The predicted octanol–water partition coefficient (Wildman–Crippen LogP) is 2.40. The SMILES string of the molecule is CC(C(=O)O)C(C)C(=O)SC(C)(C)C. The number of hydrogen-bond donors (Lipinski definition) is 1. The molecule has 0 aliphatic heterocycles. The van der Waals surface area contributed by atoms with Crippen LogP contribution in [0.5, 0.6) is 0 Å². The van der Waals surface area contributed by atoms with Crippen molar-refractivity contribution in [2.24, 2.45) is 11.8 Å². The quantitative estimate of drug-likeness (QED) is 0.790. The van der Waals surface area contributed by atoms with Crippen LogP contribution in [0.2, 0.25) is 0 Å². The van der Waals surface area contributed by atoms with Crippen LogP contribution in [0.1, 0.15) is 34.6 Å². The maximum Gasteiger partial charge on any atom is 0.306 e. The van der Waals surface area contributed by atoms with Gasteiger partial charge in [0, 0.05) is 10.7 Å². The zero-order valence-electron chi connectivity index (χ0n) is 9.33. The molecule has 0 aromatic rings. The van der Waals surface area contributed by atoms with Gasteiger partial charge in [-0.05, 0) is 0 Å². The van der Waals surface area contributed by atoms with Crippen molar-refractivity contribution >= 4 is 22.8 Å². The molecule has 0 radical (unpaired) electrons. The third-order valence-corrected chi connectivity index (χ3v) is 3.10. The zero-order valence-corrected chi connectivity index (χ0v) is 10.1. The van der Waals surface area contributed by atoms with Crippen molar-refractivity contribution in [2.45, 2.75) is 39.4 Å². The Hall–Kier alpha value is -0.510. The van der Waals surface area contributed by atoms with Crippen molar-refractivity contribution < 1.29 is 14.7 Å². The van der Waals surface area contributed by atoms with Crippen LogP contribution in [0.4, 0.5) is 0 Å². The van der Waals surface area contributed by atoms with Crippen molar-refractivity contribution in [1.82, 2.24) is 0 Å². The molecule has 0 amide bonds. The minimum absolute atomic E-state index is 0.0487. The summed E-state index contributed by atoms with van der Waals surface area (Å²) in [7, 11) is 0. The third-order valence-electron chi connectivity index (χ3n) is 1.92. The second-order valence-electron chi connectivity index (χ2n) is 4.45. The molecule has 3 nitrogen and oxygen atoms in total. The fourth-order valence-corrected chi connectivity index (χ4v) is 1.81. The van der Waals surface area contributed by atoms with Crippen LogP contribution in [0.3, 0.4) is 0 Å². The summed E-state index contributed by atoms with van der Waals surface area (Å²) in [5.41, 5.74) is 0. The van der Waals surface area contributed by atoms with Crippen molar-refractivity contribution in [3.8, 4) is 0 Å². The van der Waals surface area contributed by atoms with Crippen molar-refractivity contribution in [3.05, 3.63) is 0 Å². The molecule has 0 aliphatic carbocycles. The fourth-order valence-electron chi connectivity index (χ4n) is 0.813. The number of thioether (sulfide) groups is 1. The second-order valence-corrected chi connectivity index (χ2v) is 6.28. The molecule has 0 fully saturated rings. The van der Waals surface area contributed by atoms with E-state index in [1.807, 2.05) is 20.8 Å². The van der Waals surface area contributed by atoms with Crippen LogP contribution < -0.4 is 0 Å². The average Bonchev–Trinajstić information content (AvgIpc) is 1.98. The molecule has 0 bridgehead atoms. The molecule has 0 aromatic carbocycles. The van der Waals surface area contributed by atoms with Crippen molar-refractivity contribution in [3.63, 3.8) is 0 Å². The summed E-state index contributed by atoms with van der Waals surface area (Å²) >= 11 is 1.21. The molecule has 82 valence electrons. The highest BCUT2D eigenvalue weighted by Crippen LogP contribution is 2.29. The molecule has 4 heteroatoms. The van der Waals surface area contributed by atoms with E-state index in [4.69, 9.17) is 5.11 Å². The largest absolute Gasteiger partial charge is 0.481 e. The molecule has 14 heavy (non-hydrogen) atoms. The van der Waals surface area contributed by atoms with E-state index < -0.39 is 17.8 Å². The van der Waals surface area contributed by atoms with Gasteiger partial charge in [0.1, 0.15) is 0 Å². The van der Waals surface area contributed by atoms with Gasteiger partial charge in [-0.25, -0.2) is 0 Å². The predicted molar refractivity (Wildman–Crippen MR) is 58.3 cm³/mol. The van der Waals surface area contributed by atoms with Crippen LogP contribution in [0.15, 0.2) is 0 Å². The number of carboxylic acids is 1. The van der Waals surface area contributed by atoms with E-state index in [0.29, 0.717) is 0 Å². The van der Waals surface area contributed by atoms with Gasteiger partial charge < -0.3 is 5.11 Å². The van der Waals surface area contributed by atoms with Gasteiger partial charge in [-0.3, -0.25) is 9.59 Å². The topological polar surface area (TPSA) is 54.4 Å². The molecule has 0 aliphatic rings. The summed E-state index contributed by atoms with van der Waals surface area (Å²) in [6.45, 7) is 9.04. The number of aliphatic carboxylic acids is 1. The van der Waals surface area contributed by atoms with Crippen LogP contribution >= 0.6 is 11.8 Å². The second kappa shape index (κ2) is 4.82. The van der Waals surface area contributed by atoms with Crippen LogP contribution in [-0.4, -0.2) is 20.9 Å². The highest BCUT2D eigenvalue weighted by Gasteiger charge is 2.28. The van der Waals surface area contributed by atoms with Crippen LogP contribution in [0, 0.1) is 11.8 Å². The maximum absolute atomic E-state index is 11.6. The minimum atomic E-state index is -0.916. The average molecular weight is 218 g/mol. The highest BCUT2D eigenvalue weighted by molar-refractivity contribution is 8.14. The Morgan fingerprint density at radius 2 is 1.57 bits per heavy atom. The minimum Gasteiger partial charge on any atom is -0.481 e. The van der Waals surface area contributed by atoms with Gasteiger partial charge in [-0.15, -0.1) is 0 Å². The van der Waals surface area contributed by atoms with Gasteiger partial charge in [0.25, 0.3) is 0 Å². The molecule has 0 saturated heterocycles. The third kappa shape index (κ3) is 4.65. The molecule has 2 unspecified atom stereocenters. The fraction of sp³-hybridized carbons (Fsp3) is 0.800. The van der Waals surface area contributed by atoms with E-state index >= 15 is 0 Å². The highest BCUT2D eigenvalue weighted by atomic mass is 32.2. The van der Waals surface area contributed by atoms with E-state index in [2.05, 4.69) is 0 Å². The first-order valence-corrected chi connectivity index (χ1v) is 5.42. The molecular formula is C10H18O3S. The molecule has 0 saturated carbocycles. The normalized spacial score (nSPS) is 16.1. The van der Waals surface area contributed by atoms with Gasteiger partial charge in [0.2, 0.25) is 0 Å². The summed E-state index contributed by atoms with van der Waals surface area (Å²) < 4.78 is -0.149. The van der Waals surface area contributed by atoms with Gasteiger partial charge in [-0.2, -0.15) is 0 Å². The summed E-state index contributed by atoms with van der Waals surface area (Å²) in [6, 6.07) is 0. The monoisotopic (exact) mass is 218 g/mol. The number of carbonyl (C=O) groups is 2. The van der Waals surface area contributed by atoms with Gasteiger partial charge >= 0.3 is 5.97 Å². The molecule has 0 heterocycles. The molecule has 0 spiro atoms. The smallest absolute Gasteiger partial charge is 0.306 e. The van der Waals surface area contributed by atoms with Crippen LogP contribution in [-0.2, 0) is 9.59 Å². The van der Waals surface area contributed by atoms with Crippen LogP contribution in [0.25, 0.3) is 0 Å². The Balaban J connectivity index is 4.33. The zero-order chi connectivity index (χ0) is 11.5. The summed E-state index contributed by atoms with van der Waals surface area (Å²) in [5, 5.41) is 8.69. The van der Waals surface area contributed by atoms with E-state index in [1.165, 1.54) is 11.8 Å². The molecule has 1 N–H and O–H groups in total. The van der Waals surface area contributed by atoms with E-state index in [1.54, 1.807) is 13.8 Å². The summed E-state index contributed by atoms with van der Waals surface area (Å²) in [6.07, 6.45) is 0. The lowest BCUT2D eigenvalue weighted by Gasteiger charge is -2.20. The lowest BCUT2D eigenvalue weighted by Crippen LogP contribution is -2.26. The first-order chi connectivity index (χ1) is 6.15. The Morgan fingerprint density at radius 1 is 1.14 bits per heavy atom. The van der Waals surface area contributed by atoms with Crippen molar-refractivity contribution in [2.75, 3.05) is 0 Å². The number of carbonyl (C=O) groups excluding carboxylic acids is 1. The number of carboxylic acid groups (broad SMARTS) is 1. The maximum atomic E-state index is 11.6. The first-order valence-electron chi connectivity index (χ1n) is 4.61. The van der Waals surface area contributed by atoms with E-state index in [9.17, 15) is 9.59 Å². The summed E-state index contributed by atoms with van der Waals surface area (Å²) in [5.74, 6) is -1.96. The lowest BCUT2D eigenvalue weighted by molar-refractivity contribution is -0.144. The molecular weight excluding hydrogens is 200 g/mol. The molecule has 0 rings (SSSR count). The van der Waals surface area contributed by atoms with Gasteiger partial charge in [0.05, 0.1) is 5.92 Å². The lowest BCUT2D eigenvalue weighted by atomic mass is 9.98. The Kier molecular flexibility index (Phi) is 4.65. The first kappa shape index (κ1) is 13.5. The van der Waals surface area contributed by atoms with Crippen molar-refractivity contribution in [1.29, 1.82) is 0 Å². The Labute approximate surface area is 89.3 Å². The number of rotatable bonds is 3. The van der Waals surface area contributed by atoms with Gasteiger partial charge in [0.15, 0.2) is 5.12 Å². The molecule has 0 aromatic heterocycles. The van der Waals surface area contributed by atoms with Gasteiger partial charge in [-0.1, -0.05) is 46.4 Å². The number of hydrogen-bond acceptors (Lipinski definition) is 3. The Bertz CT molecular complexity index is 230. The summed E-state index contributed by atoms with van der Waals surface area (Å²) in [4.78, 5) is 22.3. The van der Waals surface area contributed by atoms with E-state index in [0.717, 1.165) is 0 Å². The molecule has 2 atom stereocenters. The standard InChI is InChI=1S/C10H18O3S/c1-6(8(11)12)7(2)9(13)14-10(3,4)5/h6-7H,1-5H3,(H,11,12).